The van der Waals surface area contributed by atoms with Crippen molar-refractivity contribution in [3.63, 3.8) is 0 Å². The van der Waals surface area contributed by atoms with Crippen molar-refractivity contribution >= 4 is 32.2 Å². The topological polar surface area (TPSA) is 101 Å². The molecule has 0 unspecified atom stereocenters. The molecule has 2 N–H and O–H groups in total. The van der Waals surface area contributed by atoms with Gasteiger partial charge < -0.3 is 5.32 Å². The summed E-state index contributed by atoms with van der Waals surface area (Å²) in [5.74, 6) is 0.885. The molecule has 0 aliphatic carbocycles. The maximum Gasteiger partial charge on any atom is 0.254 e. The van der Waals surface area contributed by atoms with Crippen molar-refractivity contribution in [3.05, 3.63) is 89.6 Å². The van der Waals surface area contributed by atoms with Gasteiger partial charge in [0, 0.05) is 23.4 Å². The summed E-state index contributed by atoms with van der Waals surface area (Å²) in [6.07, 6.45) is 0. The second-order valence-electron chi connectivity index (χ2n) is 8.26. The summed E-state index contributed by atoms with van der Waals surface area (Å²) in [4.78, 5) is 9.06. The van der Waals surface area contributed by atoms with Crippen LogP contribution in [0.5, 0.6) is 0 Å². The molecule has 5 aromatic rings. The van der Waals surface area contributed by atoms with E-state index < -0.39 is 9.84 Å². The van der Waals surface area contributed by atoms with Crippen LogP contribution in [0, 0.1) is 20.8 Å². The SMILES string of the molecule is Cc1cc(Nc2cc(-c3c(C)cccc3C)nc(S(=O)(=O)c3ccc4ccccc4c3)n2)n[nH]1. The molecule has 2 heterocycles. The summed E-state index contributed by atoms with van der Waals surface area (Å²) in [6.45, 7) is 5.84. The predicted octanol–water partition coefficient (Wildman–Crippen LogP) is 5.52. The number of aryl methyl sites for hydroxylation is 3. The van der Waals surface area contributed by atoms with E-state index in [1.54, 1.807) is 24.3 Å². The highest BCUT2D eigenvalue weighted by Crippen LogP contribution is 2.31. The molecule has 7 nitrogen and oxygen atoms in total. The molecule has 0 saturated carbocycles. The Morgan fingerprint density at radius 2 is 1.50 bits per heavy atom. The molecule has 0 spiro atoms. The highest BCUT2D eigenvalue weighted by atomic mass is 32.2. The number of nitrogens with one attached hydrogen (secondary N) is 2. The minimum atomic E-state index is -3.99. The van der Waals surface area contributed by atoms with E-state index >= 15 is 0 Å². The summed E-state index contributed by atoms with van der Waals surface area (Å²) in [5.41, 5.74) is 4.26. The Morgan fingerprint density at radius 3 is 2.21 bits per heavy atom. The quantitative estimate of drug-likeness (QED) is 0.329. The van der Waals surface area contributed by atoms with E-state index in [0.29, 0.717) is 17.3 Å². The van der Waals surface area contributed by atoms with E-state index in [0.717, 1.165) is 33.2 Å². The van der Waals surface area contributed by atoms with Gasteiger partial charge in [-0.25, -0.2) is 18.4 Å². The first kappa shape index (κ1) is 21.8. The average Bonchev–Trinajstić information content (AvgIpc) is 3.23. The van der Waals surface area contributed by atoms with Crippen LogP contribution in [0.25, 0.3) is 22.0 Å². The van der Waals surface area contributed by atoms with Gasteiger partial charge >= 0.3 is 0 Å². The molecule has 170 valence electrons. The highest BCUT2D eigenvalue weighted by Gasteiger charge is 2.24. The van der Waals surface area contributed by atoms with Gasteiger partial charge in [-0.15, -0.1) is 0 Å². The molecule has 0 aliphatic rings. The molecule has 5 rings (SSSR count). The van der Waals surface area contributed by atoms with Gasteiger partial charge in [-0.3, -0.25) is 5.10 Å². The monoisotopic (exact) mass is 469 g/mol. The molecule has 3 aromatic carbocycles. The lowest BCUT2D eigenvalue weighted by Crippen LogP contribution is -2.10. The molecule has 0 aliphatic heterocycles. The number of H-pyrrole nitrogens is 1. The van der Waals surface area contributed by atoms with Gasteiger partial charge in [0.1, 0.15) is 5.82 Å². The van der Waals surface area contributed by atoms with Gasteiger partial charge in [0.05, 0.1) is 10.6 Å². The van der Waals surface area contributed by atoms with E-state index in [1.807, 2.05) is 69.3 Å². The molecule has 0 bridgehead atoms. The zero-order valence-corrected chi connectivity index (χ0v) is 19.8. The normalized spacial score (nSPS) is 11.6. The molecule has 8 heteroatoms. The minimum absolute atomic E-state index is 0.145. The Hall–Kier alpha value is -4.04. The second kappa shape index (κ2) is 8.39. The van der Waals surface area contributed by atoms with Crippen molar-refractivity contribution in [2.75, 3.05) is 5.32 Å². The van der Waals surface area contributed by atoms with Crippen LogP contribution in [-0.4, -0.2) is 28.6 Å². The number of aromatic amines is 1. The first-order valence-corrected chi connectivity index (χ1v) is 12.3. The fourth-order valence-corrected chi connectivity index (χ4v) is 5.19. The van der Waals surface area contributed by atoms with Gasteiger partial charge in [0.25, 0.3) is 5.16 Å². The summed E-state index contributed by atoms with van der Waals surface area (Å²) in [5, 5.41) is 11.7. The van der Waals surface area contributed by atoms with Gasteiger partial charge in [-0.05, 0) is 54.8 Å². The molecule has 2 aromatic heterocycles. The fourth-order valence-electron chi connectivity index (χ4n) is 4.01. The van der Waals surface area contributed by atoms with Crippen LogP contribution >= 0.6 is 0 Å². The number of aromatic nitrogens is 4. The van der Waals surface area contributed by atoms with Crippen LogP contribution in [0.4, 0.5) is 11.6 Å². The molecule has 0 atom stereocenters. The maximum atomic E-state index is 13.7. The van der Waals surface area contributed by atoms with Crippen molar-refractivity contribution in [3.8, 4) is 11.3 Å². The van der Waals surface area contributed by atoms with Crippen molar-refractivity contribution in [2.24, 2.45) is 0 Å². The van der Waals surface area contributed by atoms with Gasteiger partial charge in [0.2, 0.25) is 9.84 Å². The van der Waals surface area contributed by atoms with Crippen molar-refractivity contribution in [2.45, 2.75) is 30.8 Å². The fraction of sp³-hybridized carbons (Fsp3) is 0.115. The Kier molecular flexibility index (Phi) is 5.37. The zero-order valence-electron chi connectivity index (χ0n) is 19.0. The first-order valence-electron chi connectivity index (χ1n) is 10.8. The Labute approximate surface area is 197 Å². The van der Waals surface area contributed by atoms with Crippen LogP contribution in [0.1, 0.15) is 16.8 Å². The molecular weight excluding hydrogens is 446 g/mol. The van der Waals surface area contributed by atoms with E-state index in [1.165, 1.54) is 0 Å². The predicted molar refractivity (Wildman–Crippen MR) is 133 cm³/mol. The average molecular weight is 470 g/mol. The summed E-state index contributed by atoms with van der Waals surface area (Å²) >= 11 is 0. The number of benzene rings is 3. The molecule has 34 heavy (non-hydrogen) atoms. The molecular formula is C26H23N5O2S. The largest absolute Gasteiger partial charge is 0.323 e. The van der Waals surface area contributed by atoms with Crippen molar-refractivity contribution < 1.29 is 8.42 Å². The number of fused-ring (bicyclic) bond motifs is 1. The second-order valence-corrected chi connectivity index (χ2v) is 10.1. The minimum Gasteiger partial charge on any atom is -0.323 e. The van der Waals surface area contributed by atoms with E-state index in [2.05, 4.69) is 25.5 Å². The smallest absolute Gasteiger partial charge is 0.254 e. The van der Waals surface area contributed by atoms with Crippen LogP contribution < -0.4 is 5.32 Å². The molecule has 0 radical (unpaired) electrons. The Balaban J connectivity index is 1.69. The third-order valence-corrected chi connectivity index (χ3v) is 7.21. The Bertz CT molecular complexity index is 1620. The van der Waals surface area contributed by atoms with Gasteiger partial charge in [-0.2, -0.15) is 5.10 Å². The highest BCUT2D eigenvalue weighted by molar-refractivity contribution is 7.91. The number of hydrogen-bond donors (Lipinski definition) is 2. The van der Waals surface area contributed by atoms with E-state index in [9.17, 15) is 8.42 Å². The first-order chi connectivity index (χ1) is 16.3. The van der Waals surface area contributed by atoms with Crippen molar-refractivity contribution in [1.82, 2.24) is 20.2 Å². The molecule has 0 amide bonds. The van der Waals surface area contributed by atoms with Gasteiger partial charge in [0.15, 0.2) is 5.82 Å². The number of anilines is 2. The van der Waals surface area contributed by atoms with Gasteiger partial charge in [-0.1, -0.05) is 48.5 Å². The van der Waals surface area contributed by atoms with Crippen LogP contribution in [0.3, 0.4) is 0 Å². The number of sulfone groups is 1. The van der Waals surface area contributed by atoms with Crippen molar-refractivity contribution in [1.29, 1.82) is 0 Å². The lowest BCUT2D eigenvalue weighted by molar-refractivity contribution is 0.587. The number of rotatable bonds is 5. The van der Waals surface area contributed by atoms with Crippen LogP contribution in [0.15, 0.2) is 82.8 Å². The molecule has 0 fully saturated rings. The third-order valence-electron chi connectivity index (χ3n) is 5.68. The van der Waals surface area contributed by atoms with E-state index in [4.69, 9.17) is 0 Å². The lowest BCUT2D eigenvalue weighted by Gasteiger charge is -2.13. The Morgan fingerprint density at radius 1 is 0.765 bits per heavy atom. The zero-order chi connectivity index (χ0) is 23.9. The summed E-state index contributed by atoms with van der Waals surface area (Å²) < 4.78 is 27.3. The van der Waals surface area contributed by atoms with Crippen LogP contribution in [0.2, 0.25) is 0 Å². The standard InChI is InChI=1S/C26H23N5O2S/c1-16-7-6-8-17(2)25(16)22-15-23(28-24-13-18(3)30-31-24)29-26(27-22)34(32,33)21-12-11-19-9-4-5-10-20(19)14-21/h4-15H,1-3H3,(H2,27,28,29,30,31). The van der Waals surface area contributed by atoms with Crippen LogP contribution in [-0.2, 0) is 9.84 Å². The maximum absolute atomic E-state index is 13.7. The summed E-state index contributed by atoms with van der Waals surface area (Å²) in [7, 11) is -3.99. The van der Waals surface area contributed by atoms with E-state index in [-0.39, 0.29) is 10.1 Å². The number of nitrogens with zero attached hydrogens (tertiary/aromatic N) is 3. The summed E-state index contributed by atoms with van der Waals surface area (Å²) in [6, 6.07) is 22.2. The molecule has 0 saturated heterocycles. The lowest BCUT2D eigenvalue weighted by atomic mass is 10.00. The third kappa shape index (κ3) is 4.04. The number of hydrogen-bond acceptors (Lipinski definition) is 6.